The zero-order chi connectivity index (χ0) is 19.3. The predicted molar refractivity (Wildman–Crippen MR) is 104 cm³/mol. The normalized spacial score (nSPS) is 24.5. The number of hydrazine groups is 1. The number of aryl methyl sites for hydroxylation is 1. The zero-order valence-corrected chi connectivity index (χ0v) is 15.6. The summed E-state index contributed by atoms with van der Waals surface area (Å²) in [6.07, 6.45) is 0.852. The van der Waals surface area contributed by atoms with E-state index in [0.29, 0.717) is 18.7 Å². The summed E-state index contributed by atoms with van der Waals surface area (Å²) in [5.74, 6) is 0.733. The van der Waals surface area contributed by atoms with E-state index in [4.69, 9.17) is 0 Å². The number of aromatic amines is 1. The van der Waals surface area contributed by atoms with Crippen LogP contribution in [0.4, 0.5) is 4.39 Å². The third kappa shape index (κ3) is 2.87. The van der Waals surface area contributed by atoms with E-state index in [9.17, 15) is 9.18 Å². The molecule has 144 valence electrons. The Morgan fingerprint density at radius 1 is 1.21 bits per heavy atom. The molecule has 7 heteroatoms. The van der Waals surface area contributed by atoms with Gasteiger partial charge in [-0.1, -0.05) is 18.2 Å². The molecule has 6 nitrogen and oxygen atoms in total. The SMILES string of the molecule is Cc1nc2c(C(=O)N3CCC4NNC(c5cccc(F)c5)C4C3)cccc2[nH]1. The molecule has 5 rings (SSSR count). The molecular weight excluding hydrogens is 357 g/mol. The molecule has 0 bridgehead atoms. The van der Waals surface area contributed by atoms with Crippen molar-refractivity contribution in [2.45, 2.75) is 25.4 Å². The van der Waals surface area contributed by atoms with E-state index in [1.807, 2.05) is 36.1 Å². The second-order valence-electron chi connectivity index (χ2n) is 7.66. The molecule has 2 aliphatic rings. The van der Waals surface area contributed by atoms with E-state index in [1.165, 1.54) is 6.07 Å². The van der Waals surface area contributed by atoms with Crippen LogP contribution < -0.4 is 10.9 Å². The van der Waals surface area contributed by atoms with Gasteiger partial charge in [-0.05, 0) is 43.2 Å². The van der Waals surface area contributed by atoms with Crippen LogP contribution in [0.2, 0.25) is 0 Å². The van der Waals surface area contributed by atoms with E-state index >= 15 is 0 Å². The summed E-state index contributed by atoms with van der Waals surface area (Å²) in [6, 6.07) is 12.6. The lowest BCUT2D eigenvalue weighted by molar-refractivity contribution is 0.0654. The number of H-pyrrole nitrogens is 1. The molecule has 0 aliphatic carbocycles. The van der Waals surface area contributed by atoms with Crippen LogP contribution in [0.15, 0.2) is 42.5 Å². The van der Waals surface area contributed by atoms with Crippen molar-refractivity contribution in [2.24, 2.45) is 5.92 Å². The van der Waals surface area contributed by atoms with Gasteiger partial charge in [-0.25, -0.2) is 14.8 Å². The van der Waals surface area contributed by atoms with Gasteiger partial charge in [-0.3, -0.25) is 10.2 Å². The highest BCUT2D eigenvalue weighted by Gasteiger charge is 2.42. The molecule has 0 spiro atoms. The fourth-order valence-corrected chi connectivity index (χ4v) is 4.52. The van der Waals surface area contributed by atoms with Crippen LogP contribution in [-0.4, -0.2) is 39.9 Å². The van der Waals surface area contributed by atoms with Crippen LogP contribution in [-0.2, 0) is 0 Å². The number of aromatic nitrogens is 2. The number of halogens is 1. The molecule has 3 aromatic rings. The first-order chi connectivity index (χ1) is 13.6. The summed E-state index contributed by atoms with van der Waals surface area (Å²) in [5, 5.41) is 0. The van der Waals surface area contributed by atoms with E-state index in [2.05, 4.69) is 20.8 Å². The Morgan fingerprint density at radius 2 is 2.07 bits per heavy atom. The zero-order valence-electron chi connectivity index (χ0n) is 15.6. The number of amides is 1. The largest absolute Gasteiger partial charge is 0.342 e. The lowest BCUT2D eigenvalue weighted by Crippen LogP contribution is -2.47. The number of carbonyl (C=O) groups is 1. The van der Waals surface area contributed by atoms with E-state index < -0.39 is 0 Å². The monoisotopic (exact) mass is 379 g/mol. The molecule has 28 heavy (non-hydrogen) atoms. The van der Waals surface area contributed by atoms with Crippen LogP contribution in [0.25, 0.3) is 11.0 Å². The van der Waals surface area contributed by atoms with Gasteiger partial charge in [0, 0.05) is 25.0 Å². The Labute approximate surface area is 162 Å². The second-order valence-corrected chi connectivity index (χ2v) is 7.66. The van der Waals surface area contributed by atoms with Crippen LogP contribution in [0, 0.1) is 18.7 Å². The highest BCUT2D eigenvalue weighted by molar-refractivity contribution is 6.04. The first kappa shape index (κ1) is 17.3. The Hall–Kier alpha value is -2.77. The van der Waals surface area contributed by atoms with Crippen LogP contribution in [0.5, 0.6) is 0 Å². The maximum Gasteiger partial charge on any atom is 0.256 e. The van der Waals surface area contributed by atoms with Gasteiger partial charge in [-0.2, -0.15) is 0 Å². The van der Waals surface area contributed by atoms with Gasteiger partial charge in [0.2, 0.25) is 0 Å². The number of imidazole rings is 1. The Bertz CT molecular complexity index is 1050. The number of piperidine rings is 1. The van der Waals surface area contributed by atoms with Crippen LogP contribution >= 0.6 is 0 Å². The Morgan fingerprint density at radius 3 is 2.93 bits per heavy atom. The highest BCUT2D eigenvalue weighted by atomic mass is 19.1. The van der Waals surface area contributed by atoms with Crippen molar-refractivity contribution in [1.82, 2.24) is 25.7 Å². The number of carbonyl (C=O) groups excluding carboxylic acids is 1. The molecule has 0 radical (unpaired) electrons. The molecule has 2 aromatic carbocycles. The van der Waals surface area contributed by atoms with Gasteiger partial charge in [0.05, 0.1) is 17.1 Å². The van der Waals surface area contributed by atoms with Gasteiger partial charge in [-0.15, -0.1) is 0 Å². The first-order valence-corrected chi connectivity index (χ1v) is 9.61. The molecule has 1 amide bonds. The number of hydrogen-bond acceptors (Lipinski definition) is 4. The number of nitrogens with one attached hydrogen (secondary N) is 3. The number of para-hydroxylation sites is 1. The molecular formula is C21H22FN5O. The quantitative estimate of drug-likeness (QED) is 0.640. The lowest BCUT2D eigenvalue weighted by atomic mass is 9.85. The standard InChI is InChI=1S/C21H22FN5O/c1-12-23-18-7-3-6-15(20(18)24-12)21(28)27-9-8-17-16(11-27)19(26-25-17)13-4-2-5-14(22)10-13/h2-7,10,16-17,19,25-26H,8-9,11H2,1H3,(H,23,24). The molecule has 1 aromatic heterocycles. The topological polar surface area (TPSA) is 73.1 Å². The molecule has 3 heterocycles. The third-order valence-corrected chi connectivity index (χ3v) is 5.87. The predicted octanol–water partition coefficient (Wildman–Crippen LogP) is 2.69. The van der Waals surface area contributed by atoms with Crippen LogP contribution in [0.1, 0.15) is 34.2 Å². The summed E-state index contributed by atoms with van der Waals surface area (Å²) >= 11 is 0. The Balaban J connectivity index is 1.42. The molecule has 3 N–H and O–H groups in total. The minimum Gasteiger partial charge on any atom is -0.342 e. The highest BCUT2D eigenvalue weighted by Crippen LogP contribution is 2.34. The maximum atomic E-state index is 13.7. The lowest BCUT2D eigenvalue weighted by Gasteiger charge is -2.36. The average molecular weight is 379 g/mol. The van der Waals surface area contributed by atoms with Gasteiger partial charge >= 0.3 is 0 Å². The molecule has 3 atom stereocenters. The molecule has 0 saturated carbocycles. The van der Waals surface area contributed by atoms with E-state index in [-0.39, 0.29) is 29.7 Å². The van der Waals surface area contributed by atoms with Crippen molar-refractivity contribution in [3.63, 3.8) is 0 Å². The van der Waals surface area contributed by atoms with Crippen molar-refractivity contribution in [3.05, 3.63) is 65.2 Å². The van der Waals surface area contributed by atoms with Crippen molar-refractivity contribution in [1.29, 1.82) is 0 Å². The number of fused-ring (bicyclic) bond motifs is 2. The van der Waals surface area contributed by atoms with Crippen molar-refractivity contribution < 1.29 is 9.18 Å². The van der Waals surface area contributed by atoms with Gasteiger partial charge < -0.3 is 9.88 Å². The fourth-order valence-electron chi connectivity index (χ4n) is 4.52. The number of nitrogens with zero attached hydrogens (tertiary/aromatic N) is 2. The summed E-state index contributed by atoms with van der Waals surface area (Å²) in [5.41, 5.74) is 9.76. The van der Waals surface area contributed by atoms with E-state index in [0.717, 1.165) is 28.8 Å². The summed E-state index contributed by atoms with van der Waals surface area (Å²) in [6.45, 7) is 3.19. The second kappa shape index (κ2) is 6.68. The summed E-state index contributed by atoms with van der Waals surface area (Å²) in [7, 11) is 0. The van der Waals surface area contributed by atoms with Gasteiger partial charge in [0.1, 0.15) is 17.2 Å². The van der Waals surface area contributed by atoms with Gasteiger partial charge in [0.25, 0.3) is 5.91 Å². The summed E-state index contributed by atoms with van der Waals surface area (Å²) in [4.78, 5) is 22.9. The number of likely N-dealkylation sites (tertiary alicyclic amines) is 1. The van der Waals surface area contributed by atoms with Crippen molar-refractivity contribution in [3.8, 4) is 0 Å². The number of rotatable bonds is 2. The van der Waals surface area contributed by atoms with Crippen molar-refractivity contribution in [2.75, 3.05) is 13.1 Å². The molecule has 2 aliphatic heterocycles. The smallest absolute Gasteiger partial charge is 0.256 e. The average Bonchev–Trinajstić information content (AvgIpc) is 3.29. The third-order valence-electron chi connectivity index (χ3n) is 5.87. The minimum atomic E-state index is -0.243. The van der Waals surface area contributed by atoms with Crippen molar-refractivity contribution >= 4 is 16.9 Å². The first-order valence-electron chi connectivity index (χ1n) is 9.61. The number of benzene rings is 2. The fraction of sp³-hybridized carbons (Fsp3) is 0.333. The van der Waals surface area contributed by atoms with Gasteiger partial charge in [0.15, 0.2) is 0 Å². The Kier molecular flexibility index (Phi) is 4.14. The molecule has 2 saturated heterocycles. The maximum absolute atomic E-state index is 13.7. The minimum absolute atomic E-state index is 0.000409. The number of hydrogen-bond donors (Lipinski definition) is 3. The summed E-state index contributed by atoms with van der Waals surface area (Å²) < 4.78 is 13.7. The van der Waals surface area contributed by atoms with Crippen LogP contribution in [0.3, 0.4) is 0 Å². The molecule has 3 unspecified atom stereocenters. The molecule has 2 fully saturated rings. The van der Waals surface area contributed by atoms with E-state index in [1.54, 1.807) is 12.1 Å².